The van der Waals surface area contributed by atoms with Gasteiger partial charge >= 0.3 is 0 Å². The van der Waals surface area contributed by atoms with E-state index in [1.54, 1.807) is 11.3 Å². The van der Waals surface area contributed by atoms with Gasteiger partial charge in [0.1, 0.15) is 0 Å². The average Bonchev–Trinajstić information content (AvgIpc) is 2.60. The number of aryl methyl sites for hydroxylation is 1. The fourth-order valence-corrected chi connectivity index (χ4v) is 3.66. The molecule has 0 amide bonds. The Bertz CT molecular complexity index is 405. The summed E-state index contributed by atoms with van der Waals surface area (Å²) in [5, 5.41) is 3.59. The van der Waals surface area contributed by atoms with Gasteiger partial charge in [-0.1, -0.05) is 11.6 Å². The fraction of sp³-hybridized carbons (Fsp3) is 0.538. The van der Waals surface area contributed by atoms with Crippen LogP contribution in [0.4, 0.5) is 0 Å². The molecule has 86 valence electrons. The first-order chi connectivity index (χ1) is 7.70. The second kappa shape index (κ2) is 5.23. The Morgan fingerprint density at radius 3 is 3.31 bits per heavy atom. The summed E-state index contributed by atoms with van der Waals surface area (Å²) in [7, 11) is 0. The van der Waals surface area contributed by atoms with Crippen LogP contribution in [0.3, 0.4) is 0 Å². The van der Waals surface area contributed by atoms with Gasteiger partial charge in [0.05, 0.1) is 4.34 Å². The van der Waals surface area contributed by atoms with Crippen molar-refractivity contribution in [3.8, 4) is 12.3 Å². The summed E-state index contributed by atoms with van der Waals surface area (Å²) in [6.45, 7) is 2.14. The van der Waals surface area contributed by atoms with Crippen LogP contribution in [0.5, 0.6) is 0 Å². The Kier molecular flexibility index (Phi) is 3.91. The first-order valence-electron chi connectivity index (χ1n) is 5.68. The Morgan fingerprint density at radius 1 is 1.75 bits per heavy atom. The molecule has 3 heteroatoms. The zero-order chi connectivity index (χ0) is 11.5. The second-order valence-corrected chi connectivity index (χ2v) is 6.12. The largest absolute Gasteiger partial charge is 0.306 e. The van der Waals surface area contributed by atoms with E-state index in [0.717, 1.165) is 10.8 Å². The molecule has 0 bridgehead atoms. The van der Waals surface area contributed by atoms with Crippen molar-refractivity contribution in [3.05, 3.63) is 20.8 Å². The summed E-state index contributed by atoms with van der Waals surface area (Å²) in [4.78, 5) is 1.45. The van der Waals surface area contributed by atoms with Gasteiger partial charge in [-0.25, -0.2) is 0 Å². The van der Waals surface area contributed by atoms with E-state index in [2.05, 4.69) is 24.2 Å². The Morgan fingerprint density at radius 2 is 2.56 bits per heavy atom. The third-order valence-electron chi connectivity index (χ3n) is 2.99. The summed E-state index contributed by atoms with van der Waals surface area (Å²) in [6, 6.07) is 2.93. The lowest BCUT2D eigenvalue weighted by Crippen LogP contribution is -2.31. The lowest BCUT2D eigenvalue weighted by molar-refractivity contribution is 0.415. The predicted octanol–water partition coefficient (Wildman–Crippen LogP) is 3.78. The minimum Gasteiger partial charge on any atom is -0.306 e. The van der Waals surface area contributed by atoms with Crippen molar-refractivity contribution < 1.29 is 0 Å². The van der Waals surface area contributed by atoms with Crippen LogP contribution in [0.15, 0.2) is 6.07 Å². The van der Waals surface area contributed by atoms with E-state index in [4.69, 9.17) is 18.0 Å². The third-order valence-corrected chi connectivity index (χ3v) is 4.33. The summed E-state index contributed by atoms with van der Waals surface area (Å²) >= 11 is 7.79. The van der Waals surface area contributed by atoms with Crippen LogP contribution < -0.4 is 5.32 Å². The number of thiophene rings is 1. The smallest absolute Gasteiger partial charge is 0.0934 e. The summed E-state index contributed by atoms with van der Waals surface area (Å²) in [5.74, 6) is 2.70. The summed E-state index contributed by atoms with van der Waals surface area (Å²) in [6.07, 6.45) is 9.71. The molecule has 0 fully saturated rings. The van der Waals surface area contributed by atoms with Crippen LogP contribution in [0.25, 0.3) is 0 Å². The third kappa shape index (κ3) is 2.60. The van der Waals surface area contributed by atoms with Crippen LogP contribution in [0, 0.1) is 12.3 Å². The van der Waals surface area contributed by atoms with E-state index in [9.17, 15) is 0 Å². The average molecular weight is 254 g/mol. The molecule has 16 heavy (non-hydrogen) atoms. The van der Waals surface area contributed by atoms with Crippen LogP contribution in [0.2, 0.25) is 4.34 Å². The maximum absolute atomic E-state index is 6.07. The van der Waals surface area contributed by atoms with Gasteiger partial charge in [-0.2, -0.15) is 0 Å². The highest BCUT2D eigenvalue weighted by Crippen LogP contribution is 2.37. The molecule has 1 heterocycles. The van der Waals surface area contributed by atoms with Gasteiger partial charge < -0.3 is 5.32 Å². The fourth-order valence-electron chi connectivity index (χ4n) is 2.27. The molecule has 1 aromatic heterocycles. The molecule has 1 aliphatic rings. The molecule has 1 aliphatic carbocycles. The monoisotopic (exact) mass is 253 g/mol. The lowest BCUT2D eigenvalue weighted by Gasteiger charge is -2.26. The molecule has 0 aromatic carbocycles. The van der Waals surface area contributed by atoms with Crippen LogP contribution in [0.1, 0.15) is 42.7 Å². The molecule has 1 N–H and O–H groups in total. The molecule has 1 nitrogen and oxygen atoms in total. The van der Waals surface area contributed by atoms with E-state index >= 15 is 0 Å². The van der Waals surface area contributed by atoms with Crippen molar-refractivity contribution in [3.63, 3.8) is 0 Å². The molecule has 1 aromatic rings. The predicted molar refractivity (Wildman–Crippen MR) is 71.1 cm³/mol. The highest BCUT2D eigenvalue weighted by Gasteiger charge is 2.23. The van der Waals surface area contributed by atoms with Gasteiger partial charge in [-0.3, -0.25) is 0 Å². The molecule has 0 aliphatic heterocycles. The number of terminal acetylenes is 1. The standard InChI is InChI=1S/C13H16ClNS/c1-3-5-9(2)15-11-6-4-7-12-10(11)8-13(14)16-12/h1,8-9,11,15H,4-7H2,2H3. The molecular formula is C13H16ClNS. The molecule has 0 saturated heterocycles. The van der Waals surface area contributed by atoms with Crippen molar-refractivity contribution in [1.29, 1.82) is 0 Å². The highest BCUT2D eigenvalue weighted by molar-refractivity contribution is 7.16. The Labute approximate surface area is 106 Å². The maximum atomic E-state index is 6.07. The number of halogens is 1. The maximum Gasteiger partial charge on any atom is 0.0934 e. The normalized spacial score (nSPS) is 21.2. The molecular weight excluding hydrogens is 238 g/mol. The minimum absolute atomic E-state index is 0.375. The van der Waals surface area contributed by atoms with Crippen molar-refractivity contribution >= 4 is 22.9 Å². The van der Waals surface area contributed by atoms with Crippen LogP contribution >= 0.6 is 22.9 Å². The van der Waals surface area contributed by atoms with Gasteiger partial charge in [0, 0.05) is 23.4 Å². The molecule has 2 rings (SSSR count). The zero-order valence-electron chi connectivity index (χ0n) is 9.42. The minimum atomic E-state index is 0.375. The van der Waals surface area contributed by atoms with E-state index in [1.807, 2.05) is 0 Å². The number of hydrogen-bond acceptors (Lipinski definition) is 2. The number of nitrogens with one attached hydrogen (secondary N) is 1. The molecule has 0 saturated carbocycles. The van der Waals surface area contributed by atoms with E-state index in [0.29, 0.717) is 12.1 Å². The van der Waals surface area contributed by atoms with E-state index in [1.165, 1.54) is 29.7 Å². The summed E-state index contributed by atoms with van der Waals surface area (Å²) < 4.78 is 0.906. The number of fused-ring (bicyclic) bond motifs is 1. The van der Waals surface area contributed by atoms with Gasteiger partial charge in [0.2, 0.25) is 0 Å². The van der Waals surface area contributed by atoms with E-state index < -0.39 is 0 Å². The number of rotatable bonds is 3. The first kappa shape index (κ1) is 12.0. The van der Waals surface area contributed by atoms with Crippen molar-refractivity contribution in [2.24, 2.45) is 0 Å². The van der Waals surface area contributed by atoms with Gasteiger partial charge in [-0.15, -0.1) is 23.7 Å². The van der Waals surface area contributed by atoms with Crippen molar-refractivity contribution in [1.82, 2.24) is 5.32 Å². The quantitative estimate of drug-likeness (QED) is 0.809. The van der Waals surface area contributed by atoms with Gasteiger partial charge in [-0.05, 0) is 37.8 Å². The lowest BCUT2D eigenvalue weighted by atomic mass is 9.93. The van der Waals surface area contributed by atoms with E-state index in [-0.39, 0.29) is 0 Å². The number of hydrogen-bond donors (Lipinski definition) is 1. The highest BCUT2D eigenvalue weighted by atomic mass is 35.5. The van der Waals surface area contributed by atoms with Crippen LogP contribution in [-0.2, 0) is 6.42 Å². The first-order valence-corrected chi connectivity index (χ1v) is 6.87. The Hall–Kier alpha value is -0.490. The van der Waals surface area contributed by atoms with Crippen molar-refractivity contribution in [2.75, 3.05) is 0 Å². The zero-order valence-corrected chi connectivity index (χ0v) is 11.0. The summed E-state index contributed by atoms with van der Waals surface area (Å²) in [5.41, 5.74) is 1.39. The topological polar surface area (TPSA) is 12.0 Å². The molecule has 0 radical (unpaired) electrons. The van der Waals surface area contributed by atoms with Crippen LogP contribution in [-0.4, -0.2) is 6.04 Å². The molecule has 2 atom stereocenters. The van der Waals surface area contributed by atoms with Gasteiger partial charge in [0.25, 0.3) is 0 Å². The molecule has 2 unspecified atom stereocenters. The molecule has 0 spiro atoms. The Balaban J connectivity index is 2.10. The second-order valence-electron chi connectivity index (χ2n) is 4.35. The van der Waals surface area contributed by atoms with Gasteiger partial charge in [0.15, 0.2) is 0 Å². The van der Waals surface area contributed by atoms with Crippen molar-refractivity contribution in [2.45, 2.75) is 44.7 Å². The SMILES string of the molecule is C#CCC(C)NC1CCCc2sc(Cl)cc21.